The van der Waals surface area contributed by atoms with Gasteiger partial charge in [-0.05, 0) is 18.9 Å². The smallest absolute Gasteiger partial charge is 0.376 e. The minimum absolute atomic E-state index is 0.0619. The lowest BCUT2D eigenvalue weighted by molar-refractivity contribution is 0.0587. The van der Waals surface area contributed by atoms with Gasteiger partial charge in [0.2, 0.25) is 5.82 Å². The van der Waals surface area contributed by atoms with Crippen LogP contribution in [0.2, 0.25) is 0 Å². The number of nitrogens with two attached hydrogens (primary N) is 1. The third-order valence-electron chi connectivity index (χ3n) is 3.18. The zero-order valence-electron chi connectivity index (χ0n) is 10.4. The number of carbonyl (C=O) groups is 1. The molecule has 6 nitrogen and oxygen atoms in total. The molecule has 2 unspecified atom stereocenters. The minimum Gasteiger partial charge on any atom is -0.463 e. The molecule has 3 N–H and O–H groups in total. The van der Waals surface area contributed by atoms with Crippen LogP contribution in [0.5, 0.6) is 0 Å². The topological polar surface area (TPSA) is 90.1 Å². The highest BCUT2D eigenvalue weighted by molar-refractivity contribution is 5.85. The number of hydrogen-bond acceptors (Lipinski definition) is 6. The van der Waals surface area contributed by atoms with E-state index in [4.69, 9.17) is 5.73 Å². The van der Waals surface area contributed by atoms with Crippen molar-refractivity contribution in [1.29, 1.82) is 0 Å². The molecule has 1 aromatic heterocycles. The van der Waals surface area contributed by atoms with Crippen LogP contribution in [0.25, 0.3) is 0 Å². The zero-order chi connectivity index (χ0) is 13.0. The second-order valence-electron chi connectivity index (χ2n) is 4.46. The molecule has 0 aliphatic heterocycles. The van der Waals surface area contributed by atoms with E-state index in [-0.39, 0.29) is 17.9 Å². The Morgan fingerprint density at radius 1 is 1.50 bits per heavy atom. The number of rotatable bonds is 3. The standard InChI is InChI=1S/C12H18N4O2/c1-18-12(17)11-14-7-6-10(16-11)15-9-5-3-2-4-8(9)13/h6-9H,2-5,13H2,1H3,(H,14,15,16). The molecule has 0 bridgehead atoms. The van der Waals surface area contributed by atoms with Crippen molar-refractivity contribution in [3.8, 4) is 0 Å². The first-order chi connectivity index (χ1) is 8.70. The van der Waals surface area contributed by atoms with Crippen LogP contribution >= 0.6 is 0 Å². The van der Waals surface area contributed by atoms with Crippen LogP contribution in [0.15, 0.2) is 12.3 Å². The van der Waals surface area contributed by atoms with Gasteiger partial charge in [0.05, 0.1) is 7.11 Å². The summed E-state index contributed by atoms with van der Waals surface area (Å²) in [6, 6.07) is 2.07. The average Bonchev–Trinajstić information content (AvgIpc) is 2.41. The van der Waals surface area contributed by atoms with Gasteiger partial charge >= 0.3 is 5.97 Å². The molecule has 0 radical (unpaired) electrons. The Bertz CT molecular complexity index is 424. The Morgan fingerprint density at radius 2 is 2.28 bits per heavy atom. The normalized spacial score (nSPS) is 23.4. The molecule has 1 heterocycles. The molecule has 1 aromatic rings. The molecule has 1 aliphatic rings. The van der Waals surface area contributed by atoms with Crippen molar-refractivity contribution in [2.24, 2.45) is 5.73 Å². The molecule has 2 rings (SSSR count). The second kappa shape index (κ2) is 5.77. The number of anilines is 1. The number of ether oxygens (including phenoxy) is 1. The highest BCUT2D eigenvalue weighted by atomic mass is 16.5. The monoisotopic (exact) mass is 250 g/mol. The number of hydrogen-bond donors (Lipinski definition) is 2. The number of carbonyl (C=O) groups excluding carboxylic acids is 1. The van der Waals surface area contributed by atoms with Gasteiger partial charge in [-0.25, -0.2) is 14.8 Å². The molecule has 0 saturated heterocycles. The van der Waals surface area contributed by atoms with Gasteiger partial charge in [-0.2, -0.15) is 0 Å². The van der Waals surface area contributed by atoms with Crippen molar-refractivity contribution in [2.75, 3.05) is 12.4 Å². The van der Waals surface area contributed by atoms with Crippen LogP contribution in [-0.2, 0) is 4.74 Å². The SMILES string of the molecule is COC(=O)c1nccc(NC2CCCCC2N)n1. The third-order valence-corrected chi connectivity index (χ3v) is 3.18. The highest BCUT2D eigenvalue weighted by Gasteiger charge is 2.22. The Balaban J connectivity index is 2.06. The predicted octanol–water partition coefficient (Wildman–Crippen LogP) is 0.945. The summed E-state index contributed by atoms with van der Waals surface area (Å²) >= 11 is 0. The highest BCUT2D eigenvalue weighted by Crippen LogP contribution is 2.20. The molecule has 2 atom stereocenters. The minimum atomic E-state index is -0.536. The molecule has 1 aliphatic carbocycles. The van der Waals surface area contributed by atoms with Gasteiger partial charge in [-0.1, -0.05) is 12.8 Å². The van der Waals surface area contributed by atoms with E-state index in [2.05, 4.69) is 20.0 Å². The van der Waals surface area contributed by atoms with E-state index in [1.807, 2.05) is 0 Å². The molecular formula is C12H18N4O2. The molecule has 98 valence electrons. The van der Waals surface area contributed by atoms with Gasteiger partial charge in [0, 0.05) is 18.3 Å². The molecule has 18 heavy (non-hydrogen) atoms. The fraction of sp³-hybridized carbons (Fsp3) is 0.583. The molecular weight excluding hydrogens is 232 g/mol. The van der Waals surface area contributed by atoms with Gasteiger partial charge < -0.3 is 15.8 Å². The molecule has 0 amide bonds. The number of nitrogens with zero attached hydrogens (tertiary/aromatic N) is 2. The van der Waals surface area contributed by atoms with Gasteiger partial charge in [-0.3, -0.25) is 0 Å². The quantitative estimate of drug-likeness (QED) is 0.776. The largest absolute Gasteiger partial charge is 0.463 e. The van der Waals surface area contributed by atoms with E-state index in [9.17, 15) is 4.79 Å². The van der Waals surface area contributed by atoms with Gasteiger partial charge in [0.15, 0.2) is 0 Å². The van der Waals surface area contributed by atoms with E-state index in [0.29, 0.717) is 5.82 Å². The van der Waals surface area contributed by atoms with Crippen molar-refractivity contribution in [2.45, 2.75) is 37.8 Å². The maximum atomic E-state index is 11.3. The predicted molar refractivity (Wildman–Crippen MR) is 67.2 cm³/mol. The molecule has 0 spiro atoms. The van der Waals surface area contributed by atoms with Crippen molar-refractivity contribution in [3.63, 3.8) is 0 Å². The molecule has 1 fully saturated rings. The van der Waals surface area contributed by atoms with Crippen LogP contribution < -0.4 is 11.1 Å². The van der Waals surface area contributed by atoms with Crippen LogP contribution in [0, 0.1) is 0 Å². The number of aromatic nitrogens is 2. The summed E-state index contributed by atoms with van der Waals surface area (Å²) in [5.41, 5.74) is 6.05. The van der Waals surface area contributed by atoms with E-state index in [0.717, 1.165) is 12.8 Å². The van der Waals surface area contributed by atoms with Gasteiger partial charge in [0.25, 0.3) is 0 Å². The van der Waals surface area contributed by atoms with Crippen LogP contribution in [-0.4, -0.2) is 35.1 Å². The maximum absolute atomic E-state index is 11.3. The lowest BCUT2D eigenvalue weighted by Crippen LogP contribution is -2.42. The first-order valence-electron chi connectivity index (χ1n) is 6.14. The van der Waals surface area contributed by atoms with Crippen LogP contribution in [0.4, 0.5) is 5.82 Å². The zero-order valence-corrected chi connectivity index (χ0v) is 10.4. The van der Waals surface area contributed by atoms with Crippen molar-refractivity contribution in [1.82, 2.24) is 9.97 Å². The summed E-state index contributed by atoms with van der Waals surface area (Å²) in [5.74, 6) is 0.145. The summed E-state index contributed by atoms with van der Waals surface area (Å²) in [4.78, 5) is 19.3. The van der Waals surface area contributed by atoms with Crippen LogP contribution in [0.3, 0.4) is 0 Å². The van der Waals surface area contributed by atoms with E-state index >= 15 is 0 Å². The van der Waals surface area contributed by atoms with E-state index < -0.39 is 5.97 Å². The lowest BCUT2D eigenvalue weighted by atomic mass is 9.91. The fourth-order valence-corrected chi connectivity index (χ4v) is 2.16. The molecule has 6 heteroatoms. The van der Waals surface area contributed by atoms with Crippen LogP contribution in [0.1, 0.15) is 36.3 Å². The Hall–Kier alpha value is -1.69. The first-order valence-corrected chi connectivity index (χ1v) is 6.14. The number of esters is 1. The lowest BCUT2D eigenvalue weighted by Gasteiger charge is -2.29. The third kappa shape index (κ3) is 2.95. The second-order valence-corrected chi connectivity index (χ2v) is 4.46. The molecule has 0 aromatic carbocycles. The number of methoxy groups -OCH3 is 1. The Kier molecular flexibility index (Phi) is 4.09. The summed E-state index contributed by atoms with van der Waals surface area (Å²) < 4.78 is 4.59. The first kappa shape index (κ1) is 12.8. The van der Waals surface area contributed by atoms with E-state index in [1.165, 1.54) is 26.1 Å². The Labute approximate surface area is 106 Å². The van der Waals surface area contributed by atoms with Crippen molar-refractivity contribution < 1.29 is 9.53 Å². The maximum Gasteiger partial charge on any atom is 0.376 e. The van der Waals surface area contributed by atoms with Crippen molar-refractivity contribution >= 4 is 11.8 Å². The Morgan fingerprint density at radius 3 is 3.00 bits per heavy atom. The van der Waals surface area contributed by atoms with E-state index in [1.54, 1.807) is 6.07 Å². The summed E-state index contributed by atoms with van der Waals surface area (Å²) in [6.45, 7) is 0. The van der Waals surface area contributed by atoms with Gasteiger partial charge in [-0.15, -0.1) is 0 Å². The number of nitrogens with one attached hydrogen (secondary N) is 1. The fourth-order valence-electron chi connectivity index (χ4n) is 2.16. The molecule has 1 saturated carbocycles. The average molecular weight is 250 g/mol. The van der Waals surface area contributed by atoms with Crippen molar-refractivity contribution in [3.05, 3.63) is 18.1 Å². The summed E-state index contributed by atoms with van der Waals surface area (Å²) in [5, 5.41) is 3.27. The van der Waals surface area contributed by atoms with Gasteiger partial charge in [0.1, 0.15) is 5.82 Å². The summed E-state index contributed by atoms with van der Waals surface area (Å²) in [6.07, 6.45) is 5.93. The summed E-state index contributed by atoms with van der Waals surface area (Å²) in [7, 11) is 1.31.